The van der Waals surface area contributed by atoms with Gasteiger partial charge in [0.2, 0.25) is 11.8 Å². The minimum atomic E-state index is -1.18. The molecule has 15 nitrogen and oxygen atoms in total. The Hall–Kier alpha value is -5.86. The maximum Gasteiger partial charge on any atom is 0.405 e. The van der Waals surface area contributed by atoms with Gasteiger partial charge < -0.3 is 45.0 Å². The fraction of sp³-hybridized carbons (Fsp3) is 0.421. The van der Waals surface area contributed by atoms with E-state index < -0.39 is 24.3 Å². The first-order valence-corrected chi connectivity index (χ1v) is 18.4. The number of amides is 4. The summed E-state index contributed by atoms with van der Waals surface area (Å²) in [4.78, 5) is 69.4. The monoisotopic (exact) mass is 720 g/mol. The molecule has 5 aromatic rings. The minimum absolute atomic E-state index is 0.0474. The number of nitrogens with zero attached hydrogens (tertiary/aromatic N) is 4. The number of rotatable bonds is 10. The number of H-pyrrole nitrogens is 2. The normalized spacial score (nSPS) is 21.3. The van der Waals surface area contributed by atoms with E-state index in [-0.39, 0.29) is 35.7 Å². The second-order valence-corrected chi connectivity index (χ2v) is 14.8. The summed E-state index contributed by atoms with van der Waals surface area (Å²) >= 11 is 0. The van der Waals surface area contributed by atoms with Crippen molar-refractivity contribution in [3.63, 3.8) is 0 Å². The third kappa shape index (κ3) is 6.23. The summed E-state index contributed by atoms with van der Waals surface area (Å²) in [6.45, 7) is 1.12. The summed E-state index contributed by atoms with van der Waals surface area (Å²) in [5.74, 6) is 1.07. The molecule has 4 amide bonds. The Morgan fingerprint density at radius 3 is 1.51 bits per heavy atom. The number of nitrogens with one attached hydrogen (secondary N) is 4. The zero-order chi connectivity index (χ0) is 36.4. The highest BCUT2D eigenvalue weighted by atomic mass is 16.4. The predicted octanol–water partition coefficient (Wildman–Crippen LogP) is 5.79. The first-order chi connectivity index (χ1) is 25.7. The Kier molecular flexibility index (Phi) is 8.08. The van der Waals surface area contributed by atoms with Gasteiger partial charge in [0, 0.05) is 35.0 Å². The number of aromatic amines is 2. The van der Waals surface area contributed by atoms with Gasteiger partial charge in [0.1, 0.15) is 34.9 Å². The number of carbonyl (C=O) groups excluding carboxylic acids is 2. The molecule has 0 bridgehead atoms. The van der Waals surface area contributed by atoms with E-state index in [4.69, 9.17) is 4.42 Å². The number of furan rings is 1. The number of carboxylic acid groups (broad SMARTS) is 2. The van der Waals surface area contributed by atoms with Crippen LogP contribution >= 0.6 is 0 Å². The fourth-order valence-electron chi connectivity index (χ4n) is 8.29. The summed E-state index contributed by atoms with van der Waals surface area (Å²) in [6, 6.07) is 10.0. The predicted molar refractivity (Wildman–Crippen MR) is 192 cm³/mol. The van der Waals surface area contributed by atoms with Gasteiger partial charge >= 0.3 is 12.2 Å². The Bertz CT molecular complexity index is 2100. The molecule has 2 aromatic carbocycles. The van der Waals surface area contributed by atoms with Crippen molar-refractivity contribution in [3.8, 4) is 22.5 Å². The van der Waals surface area contributed by atoms with Crippen LogP contribution in [0, 0.1) is 11.8 Å². The van der Waals surface area contributed by atoms with Crippen LogP contribution < -0.4 is 10.6 Å². The van der Waals surface area contributed by atoms with E-state index in [0.717, 1.165) is 84.7 Å². The lowest BCUT2D eigenvalue weighted by Gasteiger charge is -2.27. The van der Waals surface area contributed by atoms with Crippen molar-refractivity contribution >= 4 is 45.9 Å². The van der Waals surface area contributed by atoms with Crippen molar-refractivity contribution in [2.75, 3.05) is 13.1 Å². The first kappa shape index (κ1) is 33.0. The van der Waals surface area contributed by atoms with Gasteiger partial charge in [-0.2, -0.15) is 0 Å². The van der Waals surface area contributed by atoms with Gasteiger partial charge in [-0.3, -0.25) is 9.59 Å². The zero-order valence-electron chi connectivity index (χ0n) is 28.9. The van der Waals surface area contributed by atoms with Crippen molar-refractivity contribution in [1.82, 2.24) is 40.4 Å². The molecular formula is C38H40N8O7. The van der Waals surface area contributed by atoms with Crippen LogP contribution in [-0.2, 0) is 9.59 Å². The van der Waals surface area contributed by atoms with Crippen molar-refractivity contribution in [2.24, 2.45) is 11.8 Å². The molecule has 274 valence electrons. The highest BCUT2D eigenvalue weighted by Gasteiger charge is 2.44. The minimum Gasteiger partial charge on any atom is -0.465 e. The molecule has 2 saturated heterocycles. The van der Waals surface area contributed by atoms with E-state index in [1.54, 1.807) is 22.2 Å². The summed E-state index contributed by atoms with van der Waals surface area (Å²) in [5.41, 5.74) is 4.76. The summed E-state index contributed by atoms with van der Waals surface area (Å²) in [5, 5.41) is 25.5. The maximum atomic E-state index is 13.4. The molecule has 9 rings (SSSR count). The Labute approximate surface area is 303 Å². The molecule has 15 heteroatoms. The smallest absolute Gasteiger partial charge is 0.405 e. The molecule has 4 atom stereocenters. The number of likely N-dealkylation sites (tertiary alicyclic amines) is 2. The van der Waals surface area contributed by atoms with Crippen LogP contribution in [0.1, 0.15) is 75.1 Å². The standard InChI is InChI=1S/C38H40N8O7/c47-35(31(19-5-6-19)43-37(49)50)45-13-1-3-27(45)33-39-17-25(41-33)21-9-11-23-24-12-10-22(16-30(24)53-29(23)15-21)26-18-40-34(42-26)28-4-2-14-46(28)36(48)32(20-7-8-20)44-38(51)52/h9-12,15-20,27-28,31-32,43-44H,1-8,13-14H2,(H,39,41)(H,40,42)(H,49,50)(H,51,52)/t27-,28-,31?,32?/m0/s1. The maximum absolute atomic E-state index is 13.4. The molecular weight excluding hydrogens is 680 g/mol. The van der Waals surface area contributed by atoms with Gasteiger partial charge in [-0.1, -0.05) is 12.1 Å². The van der Waals surface area contributed by atoms with E-state index in [9.17, 15) is 29.4 Å². The number of benzene rings is 2. The SMILES string of the molecule is O=C(O)NC(C(=O)N1CCC[C@H]1c1ncc(-c2ccc3c(c2)oc2cc(-c4cnc([C@@H]5CCCN5C(=O)C(NC(=O)O)C5CC5)[nH]4)ccc23)[nH]1)C1CC1. The van der Waals surface area contributed by atoms with E-state index in [2.05, 4.69) is 30.6 Å². The van der Waals surface area contributed by atoms with Crippen LogP contribution in [0.5, 0.6) is 0 Å². The van der Waals surface area contributed by atoms with Gasteiger partial charge in [-0.15, -0.1) is 0 Å². The fourth-order valence-corrected chi connectivity index (χ4v) is 8.29. The molecule has 53 heavy (non-hydrogen) atoms. The Morgan fingerprint density at radius 1 is 0.679 bits per heavy atom. The van der Waals surface area contributed by atoms with Crippen molar-refractivity contribution < 1.29 is 33.8 Å². The molecule has 4 aliphatic rings. The lowest BCUT2D eigenvalue weighted by molar-refractivity contribution is -0.135. The highest BCUT2D eigenvalue weighted by molar-refractivity contribution is 6.06. The van der Waals surface area contributed by atoms with Gasteiger partial charge in [0.25, 0.3) is 0 Å². The lowest BCUT2D eigenvalue weighted by Crippen LogP contribution is -2.49. The average Bonchev–Trinajstić information content (AvgIpc) is 3.77. The summed E-state index contributed by atoms with van der Waals surface area (Å²) in [7, 11) is 0. The van der Waals surface area contributed by atoms with Gasteiger partial charge in [0.05, 0.1) is 35.9 Å². The zero-order valence-corrected chi connectivity index (χ0v) is 28.9. The molecule has 2 saturated carbocycles. The van der Waals surface area contributed by atoms with Gasteiger partial charge in [-0.25, -0.2) is 19.6 Å². The molecule has 2 aliphatic heterocycles. The second-order valence-electron chi connectivity index (χ2n) is 14.8. The Morgan fingerprint density at radius 2 is 1.11 bits per heavy atom. The molecule has 5 heterocycles. The van der Waals surface area contributed by atoms with Crippen LogP contribution in [0.2, 0.25) is 0 Å². The lowest BCUT2D eigenvalue weighted by atomic mass is 10.1. The average molecular weight is 721 g/mol. The van der Waals surface area contributed by atoms with Gasteiger partial charge in [0.15, 0.2) is 0 Å². The van der Waals surface area contributed by atoms with Gasteiger partial charge in [-0.05, 0) is 87.5 Å². The molecule has 2 aliphatic carbocycles. The van der Waals surface area contributed by atoms with Crippen LogP contribution in [0.25, 0.3) is 44.5 Å². The third-order valence-corrected chi connectivity index (χ3v) is 11.3. The molecule has 0 spiro atoms. The number of aromatic nitrogens is 4. The van der Waals surface area contributed by atoms with E-state index >= 15 is 0 Å². The first-order valence-electron chi connectivity index (χ1n) is 18.4. The van der Waals surface area contributed by atoms with Crippen LogP contribution in [0.15, 0.2) is 53.2 Å². The third-order valence-electron chi connectivity index (χ3n) is 11.3. The van der Waals surface area contributed by atoms with Crippen molar-refractivity contribution in [3.05, 3.63) is 60.4 Å². The number of carbonyl (C=O) groups is 4. The molecule has 0 radical (unpaired) electrons. The van der Waals surface area contributed by atoms with E-state index in [1.807, 2.05) is 36.4 Å². The van der Waals surface area contributed by atoms with Crippen LogP contribution in [0.4, 0.5) is 9.59 Å². The summed E-state index contributed by atoms with van der Waals surface area (Å²) < 4.78 is 6.38. The molecule has 4 fully saturated rings. The topological polar surface area (TPSA) is 210 Å². The highest BCUT2D eigenvalue weighted by Crippen LogP contribution is 2.40. The largest absolute Gasteiger partial charge is 0.465 e. The number of fused-ring (bicyclic) bond motifs is 3. The number of hydrogen-bond acceptors (Lipinski definition) is 7. The second kappa shape index (κ2) is 13.0. The van der Waals surface area contributed by atoms with E-state index in [1.165, 1.54) is 0 Å². The quantitative estimate of drug-likeness (QED) is 0.103. The number of imidazole rings is 2. The Balaban J connectivity index is 0.929. The molecule has 3 aromatic heterocycles. The van der Waals surface area contributed by atoms with Crippen molar-refractivity contribution in [2.45, 2.75) is 75.5 Å². The van der Waals surface area contributed by atoms with Crippen LogP contribution in [0.3, 0.4) is 0 Å². The van der Waals surface area contributed by atoms with E-state index in [0.29, 0.717) is 35.9 Å². The number of hydrogen-bond donors (Lipinski definition) is 6. The molecule has 6 N–H and O–H groups in total. The van der Waals surface area contributed by atoms with Crippen molar-refractivity contribution in [1.29, 1.82) is 0 Å². The summed E-state index contributed by atoms with van der Waals surface area (Å²) in [6.07, 6.45) is 7.64. The molecule has 2 unspecified atom stereocenters. The van der Waals surface area contributed by atoms with Crippen LogP contribution in [-0.4, -0.2) is 89.1 Å².